The number of aromatic hydroxyl groups is 1. The summed E-state index contributed by atoms with van der Waals surface area (Å²) in [5, 5.41) is 9.80. The molecule has 0 spiro atoms. The molecule has 2 heteroatoms. The average molecular weight is 179 g/mol. The SMILES string of the molecule is CCC(N)c1c(C)ccc(C)c1O. The van der Waals surface area contributed by atoms with Crippen molar-refractivity contribution >= 4 is 0 Å². The van der Waals surface area contributed by atoms with Crippen LogP contribution in [0.2, 0.25) is 0 Å². The van der Waals surface area contributed by atoms with Crippen molar-refractivity contribution in [3.8, 4) is 5.75 Å². The van der Waals surface area contributed by atoms with Crippen molar-refractivity contribution in [1.29, 1.82) is 0 Å². The average Bonchev–Trinajstić information content (AvgIpc) is 2.12. The number of hydrogen-bond donors (Lipinski definition) is 2. The molecule has 0 saturated carbocycles. The summed E-state index contributed by atoms with van der Waals surface area (Å²) in [7, 11) is 0. The monoisotopic (exact) mass is 179 g/mol. The molecule has 1 aromatic carbocycles. The van der Waals surface area contributed by atoms with Crippen molar-refractivity contribution in [1.82, 2.24) is 0 Å². The number of rotatable bonds is 2. The lowest BCUT2D eigenvalue weighted by Crippen LogP contribution is -2.10. The van der Waals surface area contributed by atoms with Crippen LogP contribution in [0.4, 0.5) is 0 Å². The number of nitrogens with two attached hydrogens (primary N) is 1. The van der Waals surface area contributed by atoms with Gasteiger partial charge in [0.25, 0.3) is 0 Å². The Bertz CT molecular complexity index is 307. The maximum absolute atomic E-state index is 9.80. The van der Waals surface area contributed by atoms with Gasteiger partial charge in [-0.15, -0.1) is 0 Å². The fourth-order valence-corrected chi connectivity index (χ4v) is 1.49. The predicted molar refractivity (Wildman–Crippen MR) is 54.8 cm³/mol. The van der Waals surface area contributed by atoms with Crippen LogP contribution in [-0.2, 0) is 0 Å². The van der Waals surface area contributed by atoms with E-state index in [0.29, 0.717) is 5.75 Å². The molecular formula is C11H17NO. The van der Waals surface area contributed by atoms with E-state index in [1.54, 1.807) is 0 Å². The lowest BCUT2D eigenvalue weighted by molar-refractivity contribution is 0.455. The highest BCUT2D eigenvalue weighted by Crippen LogP contribution is 2.30. The Labute approximate surface area is 79.4 Å². The zero-order valence-corrected chi connectivity index (χ0v) is 8.46. The van der Waals surface area contributed by atoms with E-state index in [1.165, 1.54) is 0 Å². The predicted octanol–water partition coefficient (Wildman–Crippen LogP) is 2.42. The first-order valence-corrected chi connectivity index (χ1v) is 4.62. The Balaban J connectivity index is 3.25. The Morgan fingerprint density at radius 3 is 2.38 bits per heavy atom. The highest BCUT2D eigenvalue weighted by Gasteiger charge is 2.13. The minimum Gasteiger partial charge on any atom is -0.507 e. The van der Waals surface area contributed by atoms with Gasteiger partial charge in [-0.2, -0.15) is 0 Å². The second kappa shape index (κ2) is 3.79. The summed E-state index contributed by atoms with van der Waals surface area (Å²) in [4.78, 5) is 0. The van der Waals surface area contributed by atoms with E-state index in [0.717, 1.165) is 23.1 Å². The van der Waals surface area contributed by atoms with E-state index in [4.69, 9.17) is 5.73 Å². The molecule has 1 unspecified atom stereocenters. The van der Waals surface area contributed by atoms with E-state index >= 15 is 0 Å². The Hall–Kier alpha value is -1.02. The summed E-state index contributed by atoms with van der Waals surface area (Å²) in [6.45, 7) is 5.89. The molecule has 0 saturated heterocycles. The molecule has 0 amide bonds. The summed E-state index contributed by atoms with van der Waals surface area (Å²) >= 11 is 0. The summed E-state index contributed by atoms with van der Waals surface area (Å²) in [5.74, 6) is 0.356. The smallest absolute Gasteiger partial charge is 0.123 e. The minimum atomic E-state index is -0.0556. The first-order valence-electron chi connectivity index (χ1n) is 4.62. The fourth-order valence-electron chi connectivity index (χ4n) is 1.49. The van der Waals surface area contributed by atoms with E-state index < -0.39 is 0 Å². The largest absolute Gasteiger partial charge is 0.507 e. The minimum absolute atomic E-state index is 0.0556. The third-order valence-corrected chi connectivity index (χ3v) is 2.45. The van der Waals surface area contributed by atoms with E-state index in [1.807, 2.05) is 32.9 Å². The molecule has 3 N–H and O–H groups in total. The quantitative estimate of drug-likeness (QED) is 0.732. The molecule has 13 heavy (non-hydrogen) atoms. The molecule has 0 radical (unpaired) electrons. The van der Waals surface area contributed by atoms with Gasteiger partial charge in [0.1, 0.15) is 5.75 Å². The van der Waals surface area contributed by atoms with Crippen LogP contribution in [0.15, 0.2) is 12.1 Å². The highest BCUT2D eigenvalue weighted by atomic mass is 16.3. The normalized spacial score (nSPS) is 12.9. The van der Waals surface area contributed by atoms with Gasteiger partial charge in [0.15, 0.2) is 0 Å². The molecule has 1 atom stereocenters. The third kappa shape index (κ3) is 1.83. The molecule has 2 nitrogen and oxygen atoms in total. The van der Waals surface area contributed by atoms with Crippen LogP contribution in [-0.4, -0.2) is 5.11 Å². The molecule has 1 aromatic rings. The summed E-state index contributed by atoms with van der Waals surface area (Å²) in [6, 6.07) is 3.86. The van der Waals surface area contributed by atoms with Gasteiger partial charge in [0, 0.05) is 11.6 Å². The summed E-state index contributed by atoms with van der Waals surface area (Å²) < 4.78 is 0. The van der Waals surface area contributed by atoms with Crippen molar-refractivity contribution in [3.05, 3.63) is 28.8 Å². The fraction of sp³-hybridized carbons (Fsp3) is 0.455. The number of hydrogen-bond acceptors (Lipinski definition) is 2. The van der Waals surface area contributed by atoms with Crippen LogP contribution in [0.1, 0.15) is 36.1 Å². The van der Waals surface area contributed by atoms with Gasteiger partial charge in [-0.3, -0.25) is 0 Å². The molecule has 0 aromatic heterocycles. The van der Waals surface area contributed by atoms with Crippen LogP contribution >= 0.6 is 0 Å². The number of benzene rings is 1. The van der Waals surface area contributed by atoms with Crippen molar-refractivity contribution in [2.45, 2.75) is 33.2 Å². The molecule has 0 aliphatic carbocycles. The third-order valence-electron chi connectivity index (χ3n) is 2.45. The number of phenols is 1. The van der Waals surface area contributed by atoms with Crippen LogP contribution < -0.4 is 5.73 Å². The number of phenolic OH excluding ortho intramolecular Hbond substituents is 1. The lowest BCUT2D eigenvalue weighted by atomic mass is 9.96. The first kappa shape index (κ1) is 10.1. The van der Waals surface area contributed by atoms with Gasteiger partial charge < -0.3 is 10.8 Å². The maximum Gasteiger partial charge on any atom is 0.123 e. The Kier molecular flexibility index (Phi) is 2.94. The molecule has 0 aliphatic rings. The second-order valence-corrected chi connectivity index (χ2v) is 3.48. The summed E-state index contributed by atoms with van der Waals surface area (Å²) in [6.07, 6.45) is 0.845. The van der Waals surface area contributed by atoms with Gasteiger partial charge in [-0.1, -0.05) is 19.1 Å². The van der Waals surface area contributed by atoms with Gasteiger partial charge in [-0.25, -0.2) is 0 Å². The van der Waals surface area contributed by atoms with Crippen LogP contribution in [0, 0.1) is 13.8 Å². The number of aryl methyl sites for hydroxylation is 2. The summed E-state index contributed by atoms with van der Waals surface area (Å²) in [5.41, 5.74) is 8.76. The Morgan fingerprint density at radius 2 is 1.85 bits per heavy atom. The van der Waals surface area contributed by atoms with Crippen LogP contribution in [0.25, 0.3) is 0 Å². The van der Waals surface area contributed by atoms with E-state index in [9.17, 15) is 5.11 Å². The van der Waals surface area contributed by atoms with Crippen molar-refractivity contribution in [2.75, 3.05) is 0 Å². The Morgan fingerprint density at radius 1 is 1.31 bits per heavy atom. The van der Waals surface area contributed by atoms with Crippen molar-refractivity contribution < 1.29 is 5.11 Å². The highest BCUT2D eigenvalue weighted by molar-refractivity contribution is 5.46. The molecule has 72 valence electrons. The van der Waals surface area contributed by atoms with E-state index in [2.05, 4.69) is 0 Å². The van der Waals surface area contributed by atoms with Gasteiger partial charge in [0.05, 0.1) is 0 Å². The van der Waals surface area contributed by atoms with Gasteiger partial charge >= 0.3 is 0 Å². The lowest BCUT2D eigenvalue weighted by Gasteiger charge is -2.15. The topological polar surface area (TPSA) is 46.2 Å². The van der Waals surface area contributed by atoms with E-state index in [-0.39, 0.29) is 6.04 Å². The van der Waals surface area contributed by atoms with Gasteiger partial charge in [-0.05, 0) is 31.4 Å². The molecule has 0 fully saturated rings. The standard InChI is InChI=1S/C11H17NO/c1-4-9(12)10-7(2)5-6-8(3)11(10)13/h5-6,9,13H,4,12H2,1-3H3. The maximum atomic E-state index is 9.80. The van der Waals surface area contributed by atoms with Crippen LogP contribution in [0.5, 0.6) is 5.75 Å². The first-order chi connectivity index (χ1) is 6.07. The van der Waals surface area contributed by atoms with Crippen molar-refractivity contribution in [3.63, 3.8) is 0 Å². The van der Waals surface area contributed by atoms with Crippen LogP contribution in [0.3, 0.4) is 0 Å². The second-order valence-electron chi connectivity index (χ2n) is 3.48. The molecule has 0 heterocycles. The zero-order chi connectivity index (χ0) is 10.0. The zero-order valence-electron chi connectivity index (χ0n) is 8.46. The molecule has 1 rings (SSSR count). The molecule has 0 aliphatic heterocycles. The van der Waals surface area contributed by atoms with Gasteiger partial charge in [0.2, 0.25) is 0 Å². The molecular weight excluding hydrogens is 162 g/mol. The van der Waals surface area contributed by atoms with Crippen molar-refractivity contribution in [2.24, 2.45) is 5.73 Å². The molecule has 0 bridgehead atoms.